The van der Waals surface area contributed by atoms with Gasteiger partial charge in [-0.3, -0.25) is 0 Å². The van der Waals surface area contributed by atoms with Crippen molar-refractivity contribution in [2.45, 2.75) is 33.2 Å². The van der Waals surface area contributed by atoms with E-state index < -0.39 is 0 Å². The van der Waals surface area contributed by atoms with Crippen molar-refractivity contribution in [3.05, 3.63) is 34.2 Å². The molecule has 0 amide bonds. The van der Waals surface area contributed by atoms with Gasteiger partial charge in [0.1, 0.15) is 0 Å². The number of benzene rings is 1. The van der Waals surface area contributed by atoms with Crippen molar-refractivity contribution in [1.82, 2.24) is 15.3 Å². The zero-order chi connectivity index (χ0) is 13.1. The Bertz CT molecular complexity index is 568. The van der Waals surface area contributed by atoms with Crippen molar-refractivity contribution in [1.29, 1.82) is 0 Å². The first-order valence-corrected chi connectivity index (χ1v) is 6.51. The maximum absolute atomic E-state index is 11.2. The van der Waals surface area contributed by atoms with Crippen LogP contribution in [-0.4, -0.2) is 16.5 Å². The SMILES string of the molecule is CC(C)CCNC(C)c1ccc2[nH]c(=O)[nH]c2c1. The summed E-state index contributed by atoms with van der Waals surface area (Å²) in [5.74, 6) is 0.716. The molecule has 0 aliphatic carbocycles. The molecule has 1 atom stereocenters. The van der Waals surface area contributed by atoms with Crippen molar-refractivity contribution in [3.63, 3.8) is 0 Å². The van der Waals surface area contributed by atoms with E-state index in [1.807, 2.05) is 12.1 Å². The predicted molar refractivity (Wildman–Crippen MR) is 74.8 cm³/mol. The summed E-state index contributed by atoms with van der Waals surface area (Å²) in [6, 6.07) is 6.33. The van der Waals surface area contributed by atoms with Gasteiger partial charge in [-0.2, -0.15) is 0 Å². The quantitative estimate of drug-likeness (QED) is 0.760. The van der Waals surface area contributed by atoms with Crippen molar-refractivity contribution in [2.24, 2.45) is 5.92 Å². The summed E-state index contributed by atoms with van der Waals surface area (Å²) >= 11 is 0. The fourth-order valence-electron chi connectivity index (χ4n) is 2.03. The molecule has 0 saturated heterocycles. The molecule has 0 radical (unpaired) electrons. The largest absolute Gasteiger partial charge is 0.323 e. The Morgan fingerprint density at radius 3 is 2.61 bits per heavy atom. The minimum atomic E-state index is -0.150. The number of nitrogens with one attached hydrogen (secondary N) is 3. The van der Waals surface area contributed by atoms with E-state index >= 15 is 0 Å². The zero-order valence-corrected chi connectivity index (χ0v) is 11.2. The Morgan fingerprint density at radius 2 is 1.89 bits per heavy atom. The van der Waals surface area contributed by atoms with Crippen LogP contribution in [0, 0.1) is 5.92 Å². The van der Waals surface area contributed by atoms with E-state index in [1.54, 1.807) is 0 Å². The molecule has 0 spiro atoms. The molecule has 3 N–H and O–H groups in total. The van der Waals surface area contributed by atoms with Gasteiger partial charge < -0.3 is 15.3 Å². The second-order valence-corrected chi connectivity index (χ2v) is 5.24. The number of H-pyrrole nitrogens is 2. The number of imidazole rings is 1. The van der Waals surface area contributed by atoms with Gasteiger partial charge >= 0.3 is 5.69 Å². The molecule has 1 heterocycles. The molecule has 1 unspecified atom stereocenters. The van der Waals surface area contributed by atoms with E-state index in [0.29, 0.717) is 12.0 Å². The molecule has 0 aliphatic rings. The van der Waals surface area contributed by atoms with Crippen molar-refractivity contribution >= 4 is 11.0 Å². The molecule has 4 nitrogen and oxygen atoms in total. The fraction of sp³-hybridized carbons (Fsp3) is 0.500. The molecule has 1 aromatic carbocycles. The third-order valence-electron chi connectivity index (χ3n) is 3.21. The van der Waals surface area contributed by atoms with Gasteiger partial charge in [0, 0.05) is 6.04 Å². The van der Waals surface area contributed by atoms with Crippen LogP contribution in [0.25, 0.3) is 11.0 Å². The smallest absolute Gasteiger partial charge is 0.310 e. The van der Waals surface area contributed by atoms with Crippen LogP contribution in [0.15, 0.2) is 23.0 Å². The Balaban J connectivity index is 2.07. The van der Waals surface area contributed by atoms with E-state index in [0.717, 1.165) is 17.6 Å². The molecular formula is C14H21N3O. The van der Waals surface area contributed by atoms with Crippen LogP contribution in [0.4, 0.5) is 0 Å². The van der Waals surface area contributed by atoms with Crippen molar-refractivity contribution in [3.8, 4) is 0 Å². The number of hydrogen-bond donors (Lipinski definition) is 3. The van der Waals surface area contributed by atoms with E-state index in [-0.39, 0.29) is 5.69 Å². The molecule has 0 bridgehead atoms. The molecule has 2 aromatic rings. The second kappa shape index (κ2) is 5.40. The minimum Gasteiger partial charge on any atom is -0.310 e. The van der Waals surface area contributed by atoms with Gasteiger partial charge in [0.2, 0.25) is 0 Å². The van der Waals surface area contributed by atoms with Crippen LogP contribution < -0.4 is 11.0 Å². The number of hydrogen-bond acceptors (Lipinski definition) is 2. The summed E-state index contributed by atoms with van der Waals surface area (Å²) in [7, 11) is 0. The van der Waals surface area contributed by atoms with Crippen LogP contribution in [-0.2, 0) is 0 Å². The first-order chi connectivity index (χ1) is 8.56. The highest BCUT2D eigenvalue weighted by molar-refractivity contribution is 5.75. The zero-order valence-electron chi connectivity index (χ0n) is 11.2. The van der Waals surface area contributed by atoms with E-state index in [4.69, 9.17) is 0 Å². The highest BCUT2D eigenvalue weighted by atomic mass is 16.1. The number of rotatable bonds is 5. The first kappa shape index (κ1) is 12.9. The van der Waals surface area contributed by atoms with Gasteiger partial charge in [0.05, 0.1) is 11.0 Å². The Hall–Kier alpha value is -1.55. The lowest BCUT2D eigenvalue weighted by molar-refractivity contribution is 0.497. The van der Waals surface area contributed by atoms with E-state index in [9.17, 15) is 4.79 Å². The maximum atomic E-state index is 11.2. The number of aromatic nitrogens is 2. The van der Waals surface area contributed by atoms with Gasteiger partial charge in [-0.15, -0.1) is 0 Å². The van der Waals surface area contributed by atoms with Crippen LogP contribution in [0.2, 0.25) is 0 Å². The topological polar surface area (TPSA) is 60.7 Å². The average molecular weight is 247 g/mol. The fourth-order valence-corrected chi connectivity index (χ4v) is 2.03. The van der Waals surface area contributed by atoms with Gasteiger partial charge in [-0.25, -0.2) is 4.79 Å². The van der Waals surface area contributed by atoms with E-state index in [2.05, 4.69) is 42.1 Å². The number of fused-ring (bicyclic) bond motifs is 1. The molecule has 98 valence electrons. The molecule has 0 fully saturated rings. The van der Waals surface area contributed by atoms with Gasteiger partial charge in [-0.1, -0.05) is 19.9 Å². The van der Waals surface area contributed by atoms with Crippen LogP contribution in [0.5, 0.6) is 0 Å². The second-order valence-electron chi connectivity index (χ2n) is 5.24. The van der Waals surface area contributed by atoms with Gasteiger partial charge in [0.25, 0.3) is 0 Å². The summed E-state index contributed by atoms with van der Waals surface area (Å²) in [5, 5.41) is 3.50. The van der Waals surface area contributed by atoms with E-state index in [1.165, 1.54) is 12.0 Å². The van der Waals surface area contributed by atoms with Gasteiger partial charge in [-0.05, 0) is 43.5 Å². The lowest BCUT2D eigenvalue weighted by Gasteiger charge is -2.15. The summed E-state index contributed by atoms with van der Waals surface area (Å²) in [5.41, 5.74) is 2.78. The summed E-state index contributed by atoms with van der Waals surface area (Å²) in [6.45, 7) is 7.61. The van der Waals surface area contributed by atoms with Crippen molar-refractivity contribution < 1.29 is 0 Å². The molecule has 4 heteroatoms. The highest BCUT2D eigenvalue weighted by Crippen LogP contribution is 2.17. The molecule has 1 aromatic heterocycles. The first-order valence-electron chi connectivity index (χ1n) is 6.51. The van der Waals surface area contributed by atoms with Crippen LogP contribution in [0.1, 0.15) is 38.8 Å². The molecule has 0 saturated carbocycles. The Kier molecular flexibility index (Phi) is 3.87. The normalized spacial score (nSPS) is 13.3. The van der Waals surface area contributed by atoms with Gasteiger partial charge in [0.15, 0.2) is 0 Å². The predicted octanol–water partition coefficient (Wildman–Crippen LogP) is 2.55. The number of aromatic amines is 2. The molecule has 2 rings (SSSR count). The van der Waals surface area contributed by atoms with Crippen LogP contribution in [0.3, 0.4) is 0 Å². The minimum absolute atomic E-state index is 0.150. The lowest BCUT2D eigenvalue weighted by Crippen LogP contribution is -2.20. The molecular weight excluding hydrogens is 226 g/mol. The third kappa shape index (κ3) is 3.01. The summed E-state index contributed by atoms with van der Waals surface area (Å²) in [4.78, 5) is 16.7. The summed E-state index contributed by atoms with van der Waals surface area (Å²) in [6.07, 6.45) is 1.17. The molecule has 18 heavy (non-hydrogen) atoms. The standard InChI is InChI=1S/C14H21N3O/c1-9(2)6-7-15-10(3)11-4-5-12-13(8-11)17-14(18)16-12/h4-5,8-10,15H,6-7H2,1-3H3,(H2,16,17,18). The lowest BCUT2D eigenvalue weighted by atomic mass is 10.1. The summed E-state index contributed by atoms with van der Waals surface area (Å²) < 4.78 is 0. The molecule has 0 aliphatic heterocycles. The van der Waals surface area contributed by atoms with Crippen molar-refractivity contribution in [2.75, 3.05) is 6.54 Å². The third-order valence-corrected chi connectivity index (χ3v) is 3.21. The Morgan fingerprint density at radius 1 is 1.17 bits per heavy atom. The highest BCUT2D eigenvalue weighted by Gasteiger charge is 2.07. The maximum Gasteiger partial charge on any atom is 0.323 e. The Labute approximate surface area is 107 Å². The average Bonchev–Trinajstić information content (AvgIpc) is 2.67. The monoisotopic (exact) mass is 247 g/mol. The van der Waals surface area contributed by atoms with Crippen LogP contribution >= 0.6 is 0 Å².